The molecule has 0 saturated heterocycles. The van der Waals surface area contributed by atoms with Gasteiger partial charge in [-0.1, -0.05) is 0 Å². The monoisotopic (exact) mass is 229 g/mol. The molecule has 2 nitrogen and oxygen atoms in total. The van der Waals surface area contributed by atoms with Gasteiger partial charge in [0, 0.05) is 28.8 Å². The Kier molecular flexibility index (Phi) is 1.74. The lowest BCUT2D eigenvalue weighted by Crippen LogP contribution is -2.36. The number of nitrogens with zero attached hydrogens (tertiary/aromatic N) is 1. The van der Waals surface area contributed by atoms with Gasteiger partial charge in [-0.3, -0.25) is 0 Å². The van der Waals surface area contributed by atoms with Crippen LogP contribution in [-0.2, 0) is 0 Å². The summed E-state index contributed by atoms with van der Waals surface area (Å²) in [6.07, 6.45) is 1.94. The maximum absolute atomic E-state index is 11.7. The van der Waals surface area contributed by atoms with E-state index < -0.39 is 0 Å². The number of aromatic nitrogens is 1. The molecule has 4 heteroatoms. The molecule has 1 fully saturated rings. The zero-order valence-corrected chi connectivity index (χ0v) is 8.92. The summed E-state index contributed by atoms with van der Waals surface area (Å²) in [5, 5.41) is 12.2. The van der Waals surface area contributed by atoms with Gasteiger partial charge in [0.05, 0.1) is 0 Å². The third kappa shape index (κ3) is 0.958. The van der Waals surface area contributed by atoms with Crippen LogP contribution >= 0.6 is 23.2 Å². The number of halogens is 2. The van der Waals surface area contributed by atoms with E-state index >= 15 is 0 Å². The summed E-state index contributed by atoms with van der Waals surface area (Å²) in [6, 6.07) is 3.61. The SMILES string of the molecule is [O-][n+]1c(Cl)ccc2c1[C@@H]1C[C@@H](Cl)[C@H]2C1. The van der Waals surface area contributed by atoms with Crippen LogP contribution in [0.5, 0.6) is 0 Å². The quantitative estimate of drug-likeness (QED) is 0.291. The molecule has 3 rings (SSSR count). The third-order valence-electron chi connectivity index (χ3n) is 3.38. The average Bonchev–Trinajstić information content (AvgIpc) is 2.67. The number of rotatable bonds is 0. The highest BCUT2D eigenvalue weighted by Crippen LogP contribution is 2.53. The van der Waals surface area contributed by atoms with Gasteiger partial charge in [0.15, 0.2) is 0 Å². The van der Waals surface area contributed by atoms with Crippen molar-refractivity contribution in [3.63, 3.8) is 0 Å². The van der Waals surface area contributed by atoms with Crippen LogP contribution in [0.4, 0.5) is 0 Å². The molecule has 0 radical (unpaired) electrons. The van der Waals surface area contributed by atoms with Gasteiger partial charge in [0.2, 0.25) is 5.69 Å². The van der Waals surface area contributed by atoms with E-state index in [2.05, 4.69) is 0 Å². The molecule has 1 heterocycles. The van der Waals surface area contributed by atoms with Crippen molar-refractivity contribution in [3.05, 3.63) is 33.8 Å². The maximum atomic E-state index is 11.7. The first kappa shape index (κ1) is 8.81. The fraction of sp³-hybridized carbons (Fsp3) is 0.500. The maximum Gasteiger partial charge on any atom is 0.286 e. The summed E-state index contributed by atoms with van der Waals surface area (Å²) >= 11 is 12.0. The normalized spacial score (nSPS) is 33.4. The molecule has 0 amide bonds. The number of pyridine rings is 1. The Balaban J connectivity index is 2.22. The largest absolute Gasteiger partial charge is 0.617 e. The topological polar surface area (TPSA) is 26.9 Å². The third-order valence-corrected chi connectivity index (χ3v) is 4.14. The molecule has 0 aromatic carbocycles. The Morgan fingerprint density at radius 2 is 2.14 bits per heavy atom. The van der Waals surface area contributed by atoms with Crippen molar-refractivity contribution < 1.29 is 4.73 Å². The first-order chi connectivity index (χ1) is 6.68. The van der Waals surface area contributed by atoms with E-state index in [4.69, 9.17) is 23.2 Å². The van der Waals surface area contributed by atoms with E-state index in [9.17, 15) is 5.21 Å². The average molecular weight is 230 g/mol. The second-order valence-electron chi connectivity index (χ2n) is 4.08. The standard InChI is InChI=1S/C10H9Cl2NO/c11-8-4-5-3-7(8)6-1-2-9(12)13(14)10(5)6/h1-2,5,7-8H,3-4H2/t5-,7-,8+/m0/s1. The van der Waals surface area contributed by atoms with Gasteiger partial charge in [0.1, 0.15) is 0 Å². The van der Waals surface area contributed by atoms with Gasteiger partial charge in [-0.05, 0) is 30.5 Å². The van der Waals surface area contributed by atoms with Crippen molar-refractivity contribution in [3.8, 4) is 0 Å². The minimum atomic E-state index is 0.202. The van der Waals surface area contributed by atoms with E-state index in [1.54, 1.807) is 6.07 Å². The smallest absolute Gasteiger partial charge is 0.286 e. The zero-order valence-electron chi connectivity index (χ0n) is 7.41. The molecule has 1 aromatic heterocycles. The minimum absolute atomic E-state index is 0.202. The van der Waals surface area contributed by atoms with E-state index in [0.29, 0.717) is 11.8 Å². The van der Waals surface area contributed by atoms with Crippen molar-refractivity contribution >= 4 is 23.2 Å². The van der Waals surface area contributed by atoms with Crippen LogP contribution in [0.15, 0.2) is 12.1 Å². The second kappa shape index (κ2) is 2.77. The summed E-state index contributed by atoms with van der Waals surface area (Å²) in [6.45, 7) is 0. The molecule has 2 bridgehead atoms. The molecule has 1 aromatic rings. The Morgan fingerprint density at radius 3 is 2.93 bits per heavy atom. The predicted octanol–water partition coefficient (Wildman–Crippen LogP) is 2.56. The van der Waals surface area contributed by atoms with E-state index in [1.807, 2.05) is 6.07 Å². The molecule has 3 atom stereocenters. The van der Waals surface area contributed by atoms with Crippen LogP contribution in [0.25, 0.3) is 0 Å². The van der Waals surface area contributed by atoms with Crippen molar-refractivity contribution in [2.75, 3.05) is 0 Å². The molecule has 74 valence electrons. The first-order valence-corrected chi connectivity index (χ1v) is 5.56. The molecule has 0 spiro atoms. The van der Waals surface area contributed by atoms with E-state index in [-0.39, 0.29) is 10.5 Å². The van der Waals surface area contributed by atoms with Gasteiger partial charge < -0.3 is 5.21 Å². The first-order valence-electron chi connectivity index (χ1n) is 4.74. The van der Waals surface area contributed by atoms with Crippen LogP contribution < -0.4 is 4.73 Å². The fourth-order valence-electron chi connectivity index (χ4n) is 2.79. The van der Waals surface area contributed by atoms with Gasteiger partial charge in [-0.2, -0.15) is 4.73 Å². The van der Waals surface area contributed by atoms with E-state index in [0.717, 1.165) is 28.8 Å². The number of fused-ring (bicyclic) bond motifs is 5. The van der Waals surface area contributed by atoms with Gasteiger partial charge in [-0.15, -0.1) is 11.6 Å². The summed E-state index contributed by atoms with van der Waals surface area (Å²) in [5.41, 5.74) is 1.97. The second-order valence-corrected chi connectivity index (χ2v) is 5.03. The van der Waals surface area contributed by atoms with Crippen molar-refractivity contribution in [1.29, 1.82) is 0 Å². The van der Waals surface area contributed by atoms with Gasteiger partial charge in [0.25, 0.3) is 5.15 Å². The van der Waals surface area contributed by atoms with Crippen molar-refractivity contribution in [2.24, 2.45) is 0 Å². The zero-order chi connectivity index (χ0) is 9.87. The lowest BCUT2D eigenvalue weighted by Gasteiger charge is -2.18. The fourth-order valence-corrected chi connectivity index (χ4v) is 3.40. The number of hydrogen-bond donors (Lipinski definition) is 0. The predicted molar refractivity (Wildman–Crippen MR) is 54.8 cm³/mol. The van der Waals surface area contributed by atoms with Crippen molar-refractivity contribution in [2.45, 2.75) is 30.1 Å². The molecule has 14 heavy (non-hydrogen) atoms. The summed E-state index contributed by atoms with van der Waals surface area (Å²) in [7, 11) is 0. The van der Waals surface area contributed by atoms with Crippen LogP contribution in [0, 0.1) is 5.21 Å². The highest BCUT2D eigenvalue weighted by molar-refractivity contribution is 6.28. The molecule has 0 unspecified atom stereocenters. The Labute approximate surface area is 92.0 Å². The van der Waals surface area contributed by atoms with E-state index in [1.165, 1.54) is 0 Å². The molecule has 2 aliphatic rings. The summed E-state index contributed by atoms with van der Waals surface area (Å²) < 4.78 is 0.865. The van der Waals surface area contributed by atoms with Crippen molar-refractivity contribution in [1.82, 2.24) is 0 Å². The Morgan fingerprint density at radius 1 is 1.36 bits per heavy atom. The number of alkyl halides is 1. The minimum Gasteiger partial charge on any atom is -0.617 e. The highest BCUT2D eigenvalue weighted by atomic mass is 35.5. The molecule has 0 N–H and O–H groups in total. The van der Waals surface area contributed by atoms with Crippen LogP contribution in [-0.4, -0.2) is 5.38 Å². The van der Waals surface area contributed by atoms with Crippen LogP contribution in [0.3, 0.4) is 0 Å². The van der Waals surface area contributed by atoms with Crippen LogP contribution in [0.2, 0.25) is 5.15 Å². The summed E-state index contributed by atoms with van der Waals surface area (Å²) in [5.74, 6) is 0.697. The lowest BCUT2D eigenvalue weighted by molar-refractivity contribution is -0.613. The van der Waals surface area contributed by atoms with Crippen LogP contribution in [0.1, 0.15) is 35.9 Å². The number of hydrogen-bond acceptors (Lipinski definition) is 1. The summed E-state index contributed by atoms with van der Waals surface area (Å²) in [4.78, 5) is 0. The lowest BCUT2D eigenvalue weighted by atomic mass is 9.96. The Hall–Kier alpha value is -0.470. The molecule has 2 aliphatic carbocycles. The van der Waals surface area contributed by atoms with Gasteiger partial charge in [-0.25, -0.2) is 0 Å². The molecule has 0 aliphatic heterocycles. The molecule has 1 saturated carbocycles. The Bertz CT molecular complexity index is 407. The van der Waals surface area contributed by atoms with Gasteiger partial charge >= 0.3 is 0 Å². The molecular formula is C10H9Cl2NO. The molecular weight excluding hydrogens is 221 g/mol. The highest BCUT2D eigenvalue weighted by Gasteiger charge is 2.48.